The summed E-state index contributed by atoms with van der Waals surface area (Å²) in [6, 6.07) is 1.81. The number of nitrogens with one attached hydrogen (secondary N) is 1. The smallest absolute Gasteiger partial charge is 0.274 e. The molecule has 1 aliphatic heterocycles. The minimum atomic E-state index is 0.0491. The number of aromatic nitrogens is 4. The Kier molecular flexibility index (Phi) is 3.25. The van der Waals surface area contributed by atoms with Crippen LogP contribution >= 0.6 is 0 Å². The van der Waals surface area contributed by atoms with Gasteiger partial charge in [-0.15, -0.1) is 0 Å². The summed E-state index contributed by atoms with van der Waals surface area (Å²) >= 11 is 0. The largest absolute Gasteiger partial charge is 0.337 e. The number of piperazine rings is 1. The first-order valence-corrected chi connectivity index (χ1v) is 7.70. The van der Waals surface area contributed by atoms with E-state index in [9.17, 15) is 4.79 Å². The molecule has 3 heterocycles. The zero-order valence-corrected chi connectivity index (χ0v) is 12.3. The number of H-pyrrole nitrogens is 1. The molecule has 0 radical (unpaired) electrons. The summed E-state index contributed by atoms with van der Waals surface area (Å²) in [4.78, 5) is 25.2. The Balaban J connectivity index is 1.44. The van der Waals surface area contributed by atoms with Crippen LogP contribution < -0.4 is 4.90 Å². The van der Waals surface area contributed by atoms with E-state index in [1.165, 1.54) is 0 Å². The quantitative estimate of drug-likeness (QED) is 0.881. The summed E-state index contributed by atoms with van der Waals surface area (Å²) in [6.07, 6.45) is 6.57. The molecule has 0 saturated carbocycles. The predicted molar refractivity (Wildman–Crippen MR) is 80.8 cm³/mol. The molecule has 2 aromatic rings. The van der Waals surface area contributed by atoms with Crippen molar-refractivity contribution in [2.45, 2.75) is 19.3 Å². The van der Waals surface area contributed by atoms with Crippen molar-refractivity contribution in [2.75, 3.05) is 31.1 Å². The minimum Gasteiger partial charge on any atom is -0.337 e. The van der Waals surface area contributed by atoms with Gasteiger partial charge in [0.05, 0.1) is 0 Å². The van der Waals surface area contributed by atoms with Gasteiger partial charge in [0.1, 0.15) is 0 Å². The Labute approximate surface area is 128 Å². The zero-order chi connectivity index (χ0) is 14.9. The maximum absolute atomic E-state index is 12.7. The highest BCUT2D eigenvalue weighted by Crippen LogP contribution is 2.24. The molecule has 1 fully saturated rings. The molecule has 0 bridgehead atoms. The molecule has 2 aromatic heterocycles. The number of rotatable bonds is 2. The van der Waals surface area contributed by atoms with E-state index in [4.69, 9.17) is 0 Å². The van der Waals surface area contributed by atoms with E-state index in [1.54, 1.807) is 18.5 Å². The van der Waals surface area contributed by atoms with Gasteiger partial charge in [0.15, 0.2) is 5.69 Å². The summed E-state index contributed by atoms with van der Waals surface area (Å²) in [6.45, 7) is 2.86. The van der Waals surface area contributed by atoms with Crippen LogP contribution in [0.2, 0.25) is 0 Å². The molecular formula is C15H18N6O. The van der Waals surface area contributed by atoms with Crippen molar-refractivity contribution in [1.82, 2.24) is 25.1 Å². The second kappa shape index (κ2) is 5.40. The van der Waals surface area contributed by atoms with Crippen molar-refractivity contribution in [2.24, 2.45) is 0 Å². The minimum absolute atomic E-state index is 0.0491. The fraction of sp³-hybridized carbons (Fsp3) is 0.467. The summed E-state index contributed by atoms with van der Waals surface area (Å²) in [5.41, 5.74) is 2.88. The molecule has 114 valence electrons. The lowest BCUT2D eigenvalue weighted by molar-refractivity contribution is 0.0739. The van der Waals surface area contributed by atoms with Crippen LogP contribution in [0.1, 0.15) is 28.2 Å². The molecule has 7 nitrogen and oxygen atoms in total. The van der Waals surface area contributed by atoms with Crippen molar-refractivity contribution in [3.05, 3.63) is 35.4 Å². The molecular weight excluding hydrogens is 280 g/mol. The number of aromatic amines is 1. The van der Waals surface area contributed by atoms with Gasteiger partial charge >= 0.3 is 0 Å². The summed E-state index contributed by atoms with van der Waals surface area (Å²) in [5, 5.41) is 7.25. The number of hydrogen-bond acceptors (Lipinski definition) is 5. The molecule has 1 amide bonds. The SMILES string of the molecule is O=C(c1n[nH]c2c1CCC2)N1CCN(c2ncccn2)CC1. The lowest BCUT2D eigenvalue weighted by Crippen LogP contribution is -2.49. The molecule has 0 unspecified atom stereocenters. The van der Waals surface area contributed by atoms with Crippen LogP contribution in [0.5, 0.6) is 0 Å². The standard InChI is InChI=1S/C15H18N6O/c22-14(13-11-3-1-4-12(11)18-19-13)20-7-9-21(10-8-20)15-16-5-2-6-17-15/h2,5-6H,1,3-4,7-10H2,(H,18,19). The molecule has 1 N–H and O–H groups in total. The van der Waals surface area contributed by atoms with Crippen molar-refractivity contribution >= 4 is 11.9 Å². The van der Waals surface area contributed by atoms with Crippen LogP contribution in [0.15, 0.2) is 18.5 Å². The van der Waals surface area contributed by atoms with Gasteiger partial charge < -0.3 is 9.80 Å². The van der Waals surface area contributed by atoms with E-state index in [2.05, 4.69) is 25.1 Å². The highest BCUT2D eigenvalue weighted by Gasteiger charge is 2.29. The Morgan fingerprint density at radius 3 is 2.64 bits per heavy atom. The van der Waals surface area contributed by atoms with E-state index in [0.29, 0.717) is 18.8 Å². The average Bonchev–Trinajstić information content (AvgIpc) is 3.18. The number of carbonyl (C=O) groups is 1. The molecule has 1 saturated heterocycles. The van der Waals surface area contributed by atoms with E-state index >= 15 is 0 Å². The van der Waals surface area contributed by atoms with Crippen LogP contribution in [0.3, 0.4) is 0 Å². The van der Waals surface area contributed by atoms with Crippen LogP contribution in [0, 0.1) is 0 Å². The van der Waals surface area contributed by atoms with Gasteiger partial charge in [-0.1, -0.05) is 0 Å². The fourth-order valence-electron chi connectivity index (χ4n) is 3.21. The summed E-state index contributed by atoms with van der Waals surface area (Å²) in [7, 11) is 0. The lowest BCUT2D eigenvalue weighted by Gasteiger charge is -2.34. The maximum atomic E-state index is 12.7. The maximum Gasteiger partial charge on any atom is 0.274 e. The Bertz CT molecular complexity index is 675. The van der Waals surface area contributed by atoms with Crippen LogP contribution in [-0.4, -0.2) is 57.2 Å². The average molecular weight is 298 g/mol. The first-order chi connectivity index (χ1) is 10.8. The van der Waals surface area contributed by atoms with Crippen LogP contribution in [-0.2, 0) is 12.8 Å². The molecule has 4 rings (SSSR count). The molecule has 0 atom stereocenters. The highest BCUT2D eigenvalue weighted by atomic mass is 16.2. The van der Waals surface area contributed by atoms with E-state index in [-0.39, 0.29) is 5.91 Å². The van der Waals surface area contributed by atoms with Crippen molar-refractivity contribution in [3.63, 3.8) is 0 Å². The number of aryl methyl sites for hydroxylation is 1. The van der Waals surface area contributed by atoms with E-state index in [0.717, 1.165) is 49.6 Å². The van der Waals surface area contributed by atoms with Gasteiger partial charge in [0, 0.05) is 49.8 Å². The van der Waals surface area contributed by atoms with Gasteiger partial charge in [-0.25, -0.2) is 9.97 Å². The van der Waals surface area contributed by atoms with Crippen molar-refractivity contribution < 1.29 is 4.79 Å². The lowest BCUT2D eigenvalue weighted by atomic mass is 10.1. The fourth-order valence-corrected chi connectivity index (χ4v) is 3.21. The first kappa shape index (κ1) is 13.2. The number of carbonyl (C=O) groups excluding carboxylic acids is 1. The molecule has 7 heteroatoms. The Morgan fingerprint density at radius 1 is 1.09 bits per heavy atom. The molecule has 0 spiro atoms. The molecule has 2 aliphatic rings. The van der Waals surface area contributed by atoms with Crippen LogP contribution in [0.4, 0.5) is 5.95 Å². The number of hydrogen-bond donors (Lipinski definition) is 1. The third-order valence-corrected chi connectivity index (χ3v) is 4.41. The third kappa shape index (κ3) is 2.22. The first-order valence-electron chi connectivity index (χ1n) is 7.70. The van der Waals surface area contributed by atoms with E-state index < -0.39 is 0 Å². The van der Waals surface area contributed by atoms with Crippen LogP contribution in [0.25, 0.3) is 0 Å². The van der Waals surface area contributed by atoms with Crippen molar-refractivity contribution in [3.8, 4) is 0 Å². The Morgan fingerprint density at radius 2 is 1.86 bits per heavy atom. The second-order valence-corrected chi connectivity index (χ2v) is 5.71. The molecule has 1 aliphatic carbocycles. The van der Waals surface area contributed by atoms with Gasteiger partial charge in [-0.3, -0.25) is 9.89 Å². The summed E-state index contributed by atoms with van der Waals surface area (Å²) < 4.78 is 0. The van der Waals surface area contributed by atoms with Crippen molar-refractivity contribution in [1.29, 1.82) is 0 Å². The predicted octanol–water partition coefficient (Wildman–Crippen LogP) is 0.651. The monoisotopic (exact) mass is 298 g/mol. The Hall–Kier alpha value is -2.44. The van der Waals surface area contributed by atoms with Gasteiger partial charge in [0.2, 0.25) is 5.95 Å². The molecule has 0 aromatic carbocycles. The number of amides is 1. The topological polar surface area (TPSA) is 78.0 Å². The van der Waals surface area contributed by atoms with Gasteiger partial charge in [0.25, 0.3) is 5.91 Å². The number of fused-ring (bicyclic) bond motifs is 1. The highest BCUT2D eigenvalue weighted by molar-refractivity contribution is 5.94. The third-order valence-electron chi connectivity index (χ3n) is 4.41. The number of nitrogens with zero attached hydrogens (tertiary/aromatic N) is 5. The zero-order valence-electron chi connectivity index (χ0n) is 12.3. The molecule has 22 heavy (non-hydrogen) atoms. The van der Waals surface area contributed by atoms with Gasteiger partial charge in [-0.2, -0.15) is 5.10 Å². The number of anilines is 1. The normalized spacial score (nSPS) is 17.6. The second-order valence-electron chi connectivity index (χ2n) is 5.71. The van der Waals surface area contributed by atoms with Gasteiger partial charge in [-0.05, 0) is 25.3 Å². The summed E-state index contributed by atoms with van der Waals surface area (Å²) in [5.74, 6) is 0.781. The van der Waals surface area contributed by atoms with E-state index in [1.807, 2.05) is 4.90 Å².